The third kappa shape index (κ3) is 6.06. The first kappa shape index (κ1) is 38.2. The molecule has 0 N–H and O–H groups in total. The van der Waals surface area contributed by atoms with Gasteiger partial charge < -0.3 is 4.90 Å². The molecule has 0 aliphatic heterocycles. The lowest BCUT2D eigenvalue weighted by molar-refractivity contribution is 1.30. The minimum absolute atomic E-state index is 1.10. The highest BCUT2D eigenvalue weighted by molar-refractivity contribution is 7.27. The maximum Gasteiger partial charge on any atom is 0.0540 e. The molecule has 0 saturated heterocycles. The van der Waals surface area contributed by atoms with E-state index in [1.54, 1.807) is 0 Å². The summed E-state index contributed by atoms with van der Waals surface area (Å²) >= 11 is 3.81. The number of fused-ring (bicyclic) bond motifs is 12. The molecule has 0 aliphatic carbocycles. The van der Waals surface area contributed by atoms with E-state index in [-0.39, 0.29) is 0 Å². The fraction of sp³-hybridized carbons (Fsp3) is 0. The summed E-state index contributed by atoms with van der Waals surface area (Å²) in [5, 5.41) is 15.4. The van der Waals surface area contributed by atoms with Crippen molar-refractivity contribution in [2.45, 2.75) is 0 Å². The van der Waals surface area contributed by atoms with Crippen molar-refractivity contribution in [2.75, 3.05) is 4.90 Å². The average molecular weight is 886 g/mol. The Morgan fingerprint density at radius 1 is 0.254 bits per heavy atom. The summed E-state index contributed by atoms with van der Waals surface area (Å²) in [6.07, 6.45) is 0. The van der Waals surface area contributed by atoms with Gasteiger partial charge in [-0.3, -0.25) is 0 Å². The molecule has 14 rings (SSSR count). The second-order valence-electron chi connectivity index (χ2n) is 17.5. The van der Waals surface area contributed by atoms with Crippen LogP contribution in [0.25, 0.3) is 117 Å². The van der Waals surface area contributed by atoms with Crippen LogP contribution in [0.4, 0.5) is 17.1 Å². The fourth-order valence-corrected chi connectivity index (χ4v) is 13.3. The van der Waals surface area contributed by atoms with Crippen LogP contribution in [0.5, 0.6) is 0 Å². The molecule has 0 unspecified atom stereocenters. The van der Waals surface area contributed by atoms with Gasteiger partial charge in [0.2, 0.25) is 0 Å². The quantitative estimate of drug-likeness (QED) is 0.161. The first-order chi connectivity index (χ1) is 33.2. The van der Waals surface area contributed by atoms with E-state index < -0.39 is 0 Å². The number of anilines is 3. The number of nitrogens with zero attached hydrogens (tertiary/aromatic N) is 1. The van der Waals surface area contributed by atoms with E-state index >= 15 is 0 Å². The molecular weight excluding hydrogens is 847 g/mol. The predicted molar refractivity (Wildman–Crippen MR) is 293 cm³/mol. The van der Waals surface area contributed by atoms with Crippen LogP contribution < -0.4 is 4.90 Å². The highest BCUT2D eigenvalue weighted by Gasteiger charge is 2.21. The monoisotopic (exact) mass is 885 g/mol. The van der Waals surface area contributed by atoms with Crippen molar-refractivity contribution in [3.05, 3.63) is 237 Å². The lowest BCUT2D eigenvalue weighted by atomic mass is 9.94. The van der Waals surface area contributed by atoms with Gasteiger partial charge in [-0.25, -0.2) is 0 Å². The van der Waals surface area contributed by atoms with E-state index in [1.807, 2.05) is 22.7 Å². The first-order valence-corrected chi connectivity index (χ1v) is 24.5. The number of benzene rings is 12. The topological polar surface area (TPSA) is 3.24 Å². The minimum Gasteiger partial charge on any atom is -0.310 e. The largest absolute Gasteiger partial charge is 0.310 e. The molecule has 2 heterocycles. The number of hydrogen-bond donors (Lipinski definition) is 0. The summed E-state index contributed by atoms with van der Waals surface area (Å²) in [4.78, 5) is 2.45. The normalized spacial score (nSPS) is 11.9. The maximum absolute atomic E-state index is 2.45. The summed E-state index contributed by atoms with van der Waals surface area (Å²) in [7, 11) is 0. The highest BCUT2D eigenvalue weighted by Crippen LogP contribution is 2.48. The molecule has 0 spiro atoms. The zero-order chi connectivity index (χ0) is 44.0. The van der Waals surface area contributed by atoms with Crippen LogP contribution in [-0.4, -0.2) is 0 Å². The predicted octanol–water partition coefficient (Wildman–Crippen LogP) is 19.5. The van der Waals surface area contributed by atoms with Gasteiger partial charge in [-0.1, -0.05) is 194 Å². The Morgan fingerprint density at radius 3 is 1.52 bits per heavy atom. The average Bonchev–Trinajstić information content (AvgIpc) is 3.98. The molecule has 1 nitrogen and oxygen atoms in total. The Labute approximate surface area is 395 Å². The molecule has 0 fully saturated rings. The molecule has 0 radical (unpaired) electrons. The van der Waals surface area contributed by atoms with Crippen LogP contribution in [0.3, 0.4) is 0 Å². The molecule has 67 heavy (non-hydrogen) atoms. The zero-order valence-corrected chi connectivity index (χ0v) is 37.9. The Bertz CT molecular complexity index is 4270. The lowest BCUT2D eigenvalue weighted by Crippen LogP contribution is -2.10. The third-order valence-electron chi connectivity index (χ3n) is 13.9. The molecule has 2 aromatic heterocycles. The molecule has 0 amide bonds. The van der Waals surface area contributed by atoms with Crippen molar-refractivity contribution in [1.82, 2.24) is 0 Å². The highest BCUT2D eigenvalue weighted by atomic mass is 32.1. The van der Waals surface area contributed by atoms with Crippen molar-refractivity contribution < 1.29 is 0 Å². The summed E-state index contributed by atoms with van der Waals surface area (Å²) in [6, 6.07) is 87.6. The smallest absolute Gasteiger partial charge is 0.0540 e. The standard InChI is InChI=1S/C64H39NS2/c1-3-16-46-40(13-1)15-11-23-47(46)42-27-32-44(33-28-42)65(45-34-29-43(30-35-45)58-39-59-53-21-9-10-26-61(53)66-64(59)54-22-8-6-19-50(54)58)60-38-37-51(49-18-5-7-20-52(49)60)55-24-12-25-56-57-36-31-41-14-2-4-17-48(41)62(57)67-63(55)56/h1-39H. The van der Waals surface area contributed by atoms with Crippen molar-refractivity contribution in [2.24, 2.45) is 0 Å². The van der Waals surface area contributed by atoms with Crippen LogP contribution in [0, 0.1) is 0 Å². The van der Waals surface area contributed by atoms with Crippen LogP contribution in [0.1, 0.15) is 0 Å². The molecule has 0 saturated carbocycles. The number of thiophene rings is 2. The van der Waals surface area contributed by atoms with E-state index in [0.29, 0.717) is 0 Å². The Kier molecular flexibility index (Phi) is 8.70. The van der Waals surface area contributed by atoms with Gasteiger partial charge in [0.15, 0.2) is 0 Å². The van der Waals surface area contributed by atoms with Gasteiger partial charge in [-0.15, -0.1) is 22.7 Å². The fourth-order valence-electron chi connectivity index (χ4n) is 10.7. The Morgan fingerprint density at radius 2 is 0.761 bits per heavy atom. The van der Waals surface area contributed by atoms with Crippen molar-refractivity contribution in [3.63, 3.8) is 0 Å². The van der Waals surface area contributed by atoms with E-state index in [0.717, 1.165) is 17.1 Å². The molecule has 0 atom stereocenters. The summed E-state index contributed by atoms with van der Waals surface area (Å²) < 4.78 is 5.34. The molecule has 14 aromatic rings. The molecular formula is C64H39NS2. The zero-order valence-electron chi connectivity index (χ0n) is 36.3. The van der Waals surface area contributed by atoms with Crippen molar-refractivity contribution in [3.8, 4) is 33.4 Å². The van der Waals surface area contributed by atoms with Crippen molar-refractivity contribution in [1.29, 1.82) is 0 Å². The van der Waals surface area contributed by atoms with E-state index in [2.05, 4.69) is 241 Å². The maximum atomic E-state index is 2.45. The van der Waals surface area contributed by atoms with E-state index in [1.165, 1.54) is 117 Å². The summed E-state index contributed by atoms with van der Waals surface area (Å²) in [5.74, 6) is 0. The Hall–Kier alpha value is -8.08. The molecule has 3 heteroatoms. The molecule has 0 bridgehead atoms. The van der Waals surface area contributed by atoms with Crippen LogP contribution >= 0.6 is 22.7 Å². The van der Waals surface area contributed by atoms with E-state index in [4.69, 9.17) is 0 Å². The second-order valence-corrected chi connectivity index (χ2v) is 19.6. The third-order valence-corrected chi connectivity index (χ3v) is 16.4. The van der Waals surface area contributed by atoms with Crippen LogP contribution in [0.15, 0.2) is 237 Å². The van der Waals surface area contributed by atoms with Gasteiger partial charge in [0.05, 0.1) is 5.69 Å². The minimum atomic E-state index is 1.10. The second kappa shape index (κ2) is 15.3. The van der Waals surface area contributed by atoms with Gasteiger partial charge in [0, 0.05) is 68.1 Å². The van der Waals surface area contributed by atoms with Crippen LogP contribution in [0.2, 0.25) is 0 Å². The van der Waals surface area contributed by atoms with Gasteiger partial charge in [0.25, 0.3) is 0 Å². The first-order valence-electron chi connectivity index (χ1n) is 22.9. The Balaban J connectivity index is 0.945. The number of rotatable bonds is 6. The van der Waals surface area contributed by atoms with Gasteiger partial charge >= 0.3 is 0 Å². The van der Waals surface area contributed by atoms with E-state index in [9.17, 15) is 0 Å². The lowest BCUT2D eigenvalue weighted by Gasteiger charge is -2.28. The molecule has 12 aromatic carbocycles. The molecule has 0 aliphatic rings. The SMILES string of the molecule is c1ccc2c(-c3ccc(N(c4ccc(-c5cc6c7ccccc7sc6c6ccccc56)cc4)c4ccc(-c5cccc6c5sc5c7ccccc7ccc65)c5ccccc45)cc3)cccc2c1. The number of hydrogen-bond acceptors (Lipinski definition) is 3. The van der Waals surface area contributed by atoms with Gasteiger partial charge in [0.1, 0.15) is 0 Å². The molecule has 312 valence electrons. The van der Waals surface area contributed by atoms with Gasteiger partial charge in [-0.2, -0.15) is 0 Å². The summed E-state index contributed by atoms with van der Waals surface area (Å²) in [6.45, 7) is 0. The van der Waals surface area contributed by atoms with Crippen LogP contribution in [-0.2, 0) is 0 Å². The summed E-state index contributed by atoms with van der Waals surface area (Å²) in [5.41, 5.74) is 10.7. The van der Waals surface area contributed by atoms with Crippen molar-refractivity contribution >= 4 is 123 Å². The van der Waals surface area contributed by atoms with Gasteiger partial charge in [-0.05, 0) is 103 Å².